The molecule has 0 amide bonds. The summed E-state index contributed by atoms with van der Waals surface area (Å²) in [6.45, 7) is 2.13. The molecule has 0 saturated heterocycles. The third-order valence-corrected chi connectivity index (χ3v) is 3.87. The molecule has 2 nitrogen and oxygen atoms in total. The van der Waals surface area contributed by atoms with Crippen molar-refractivity contribution in [3.63, 3.8) is 0 Å². The Morgan fingerprint density at radius 3 is 2.82 bits per heavy atom. The standard InChI is InChI=1S/C13H14ClNOS/c1-9(13-4-3-7-17-13)15-10-5-6-11(14)12(8-10)16-2/h3-9,15H,1-2H3. The van der Waals surface area contributed by atoms with Crippen LogP contribution >= 0.6 is 22.9 Å². The van der Waals surface area contributed by atoms with E-state index in [9.17, 15) is 0 Å². The van der Waals surface area contributed by atoms with E-state index < -0.39 is 0 Å². The highest BCUT2D eigenvalue weighted by Gasteiger charge is 2.07. The Labute approximate surface area is 110 Å². The summed E-state index contributed by atoms with van der Waals surface area (Å²) >= 11 is 7.73. The molecule has 17 heavy (non-hydrogen) atoms. The number of thiophene rings is 1. The Kier molecular flexibility index (Phi) is 3.92. The van der Waals surface area contributed by atoms with Crippen LogP contribution in [-0.2, 0) is 0 Å². The van der Waals surface area contributed by atoms with Crippen molar-refractivity contribution in [1.82, 2.24) is 0 Å². The Hall–Kier alpha value is -1.19. The molecular weight excluding hydrogens is 254 g/mol. The first-order valence-corrected chi connectivity index (χ1v) is 6.60. The largest absolute Gasteiger partial charge is 0.495 e. The van der Waals surface area contributed by atoms with Crippen LogP contribution in [0, 0.1) is 0 Å². The monoisotopic (exact) mass is 267 g/mol. The molecule has 0 spiro atoms. The number of nitrogens with one attached hydrogen (secondary N) is 1. The van der Waals surface area contributed by atoms with E-state index in [0.29, 0.717) is 10.8 Å². The number of hydrogen-bond acceptors (Lipinski definition) is 3. The number of anilines is 1. The first-order valence-electron chi connectivity index (χ1n) is 5.34. The van der Waals surface area contributed by atoms with E-state index in [1.54, 1.807) is 18.4 Å². The number of hydrogen-bond donors (Lipinski definition) is 1. The molecular formula is C13H14ClNOS. The van der Waals surface area contributed by atoms with Crippen LogP contribution in [0.2, 0.25) is 5.02 Å². The van der Waals surface area contributed by atoms with Gasteiger partial charge in [0.25, 0.3) is 0 Å². The van der Waals surface area contributed by atoms with Gasteiger partial charge in [-0.3, -0.25) is 0 Å². The third kappa shape index (κ3) is 2.93. The molecule has 0 fully saturated rings. The van der Waals surface area contributed by atoms with Crippen molar-refractivity contribution in [3.8, 4) is 5.75 Å². The molecule has 0 aliphatic heterocycles. The SMILES string of the molecule is COc1cc(NC(C)c2cccs2)ccc1Cl. The molecule has 1 aromatic carbocycles. The van der Waals surface area contributed by atoms with Crippen LogP contribution in [0.3, 0.4) is 0 Å². The highest BCUT2D eigenvalue weighted by Crippen LogP contribution is 2.30. The number of ether oxygens (including phenoxy) is 1. The lowest BCUT2D eigenvalue weighted by atomic mass is 10.2. The normalized spacial score (nSPS) is 12.2. The third-order valence-electron chi connectivity index (χ3n) is 2.50. The number of benzene rings is 1. The Morgan fingerprint density at radius 2 is 2.18 bits per heavy atom. The average molecular weight is 268 g/mol. The van der Waals surface area contributed by atoms with Crippen molar-refractivity contribution in [2.75, 3.05) is 12.4 Å². The minimum absolute atomic E-state index is 0.279. The van der Waals surface area contributed by atoms with Gasteiger partial charge in [-0.25, -0.2) is 0 Å². The fourth-order valence-corrected chi connectivity index (χ4v) is 2.54. The van der Waals surface area contributed by atoms with Crippen LogP contribution in [0.1, 0.15) is 17.8 Å². The maximum absolute atomic E-state index is 5.98. The van der Waals surface area contributed by atoms with Crippen LogP contribution in [-0.4, -0.2) is 7.11 Å². The summed E-state index contributed by atoms with van der Waals surface area (Å²) in [6.07, 6.45) is 0. The molecule has 0 aliphatic carbocycles. The summed E-state index contributed by atoms with van der Waals surface area (Å²) in [5.41, 5.74) is 1.01. The second-order valence-electron chi connectivity index (χ2n) is 3.73. The average Bonchev–Trinajstić information content (AvgIpc) is 2.85. The Morgan fingerprint density at radius 1 is 1.35 bits per heavy atom. The minimum Gasteiger partial charge on any atom is -0.495 e. The molecule has 2 rings (SSSR count). The van der Waals surface area contributed by atoms with Crippen molar-refractivity contribution < 1.29 is 4.74 Å². The van der Waals surface area contributed by atoms with Gasteiger partial charge in [-0.2, -0.15) is 0 Å². The summed E-state index contributed by atoms with van der Waals surface area (Å²) in [7, 11) is 1.62. The molecule has 1 aromatic heterocycles. The molecule has 90 valence electrons. The van der Waals surface area contributed by atoms with E-state index >= 15 is 0 Å². The number of rotatable bonds is 4. The summed E-state index contributed by atoms with van der Waals surface area (Å²) in [5.74, 6) is 0.690. The molecule has 1 atom stereocenters. The fraction of sp³-hybridized carbons (Fsp3) is 0.231. The van der Waals surface area contributed by atoms with E-state index in [1.807, 2.05) is 18.2 Å². The Balaban J connectivity index is 2.13. The summed E-state index contributed by atoms with van der Waals surface area (Å²) in [6, 6.07) is 10.2. The molecule has 1 N–H and O–H groups in total. The fourth-order valence-electron chi connectivity index (χ4n) is 1.61. The van der Waals surface area contributed by atoms with Gasteiger partial charge < -0.3 is 10.1 Å². The second kappa shape index (κ2) is 5.43. The molecule has 0 aliphatic rings. The predicted molar refractivity (Wildman–Crippen MR) is 74.4 cm³/mol. The summed E-state index contributed by atoms with van der Waals surface area (Å²) < 4.78 is 5.19. The van der Waals surface area contributed by atoms with Crippen LogP contribution < -0.4 is 10.1 Å². The molecule has 4 heteroatoms. The van der Waals surface area contributed by atoms with Crippen molar-refractivity contribution in [1.29, 1.82) is 0 Å². The maximum Gasteiger partial charge on any atom is 0.139 e. The zero-order valence-electron chi connectivity index (χ0n) is 9.74. The summed E-state index contributed by atoms with van der Waals surface area (Å²) in [4.78, 5) is 1.30. The van der Waals surface area contributed by atoms with E-state index in [0.717, 1.165) is 5.69 Å². The zero-order chi connectivity index (χ0) is 12.3. The molecule has 1 heterocycles. The van der Waals surface area contributed by atoms with Gasteiger partial charge in [0.15, 0.2) is 0 Å². The van der Waals surface area contributed by atoms with Gasteiger partial charge in [0, 0.05) is 16.6 Å². The molecule has 0 bridgehead atoms. The van der Waals surface area contributed by atoms with Gasteiger partial charge in [-0.05, 0) is 30.5 Å². The minimum atomic E-state index is 0.279. The van der Waals surface area contributed by atoms with Crippen molar-refractivity contribution >= 4 is 28.6 Å². The second-order valence-corrected chi connectivity index (χ2v) is 5.12. The van der Waals surface area contributed by atoms with E-state index in [2.05, 4.69) is 29.8 Å². The van der Waals surface area contributed by atoms with Crippen molar-refractivity contribution in [2.24, 2.45) is 0 Å². The lowest BCUT2D eigenvalue weighted by Gasteiger charge is -2.14. The molecule has 1 unspecified atom stereocenters. The first-order chi connectivity index (χ1) is 8.20. The van der Waals surface area contributed by atoms with Gasteiger partial charge in [0.1, 0.15) is 5.75 Å². The van der Waals surface area contributed by atoms with Gasteiger partial charge >= 0.3 is 0 Å². The van der Waals surface area contributed by atoms with Crippen LogP contribution in [0.15, 0.2) is 35.7 Å². The Bertz CT molecular complexity index is 484. The van der Waals surface area contributed by atoms with E-state index in [-0.39, 0.29) is 6.04 Å². The quantitative estimate of drug-likeness (QED) is 0.875. The zero-order valence-corrected chi connectivity index (χ0v) is 11.3. The molecule has 0 radical (unpaired) electrons. The van der Waals surface area contributed by atoms with Gasteiger partial charge in [0.05, 0.1) is 18.2 Å². The maximum atomic E-state index is 5.98. The predicted octanol–water partition coefficient (Wildman–Crippen LogP) is 4.58. The van der Waals surface area contributed by atoms with Gasteiger partial charge in [-0.1, -0.05) is 17.7 Å². The van der Waals surface area contributed by atoms with Gasteiger partial charge in [0.2, 0.25) is 0 Å². The molecule has 0 saturated carbocycles. The molecule has 2 aromatic rings. The summed E-state index contributed by atoms with van der Waals surface area (Å²) in [5, 5.41) is 6.12. The van der Waals surface area contributed by atoms with Crippen molar-refractivity contribution in [3.05, 3.63) is 45.6 Å². The highest BCUT2D eigenvalue weighted by atomic mass is 35.5. The van der Waals surface area contributed by atoms with Crippen LogP contribution in [0.5, 0.6) is 5.75 Å². The van der Waals surface area contributed by atoms with Crippen LogP contribution in [0.4, 0.5) is 5.69 Å². The van der Waals surface area contributed by atoms with Crippen molar-refractivity contribution in [2.45, 2.75) is 13.0 Å². The van der Waals surface area contributed by atoms with E-state index in [1.165, 1.54) is 4.88 Å². The first kappa shape index (κ1) is 12.3. The lowest BCUT2D eigenvalue weighted by molar-refractivity contribution is 0.415. The topological polar surface area (TPSA) is 21.3 Å². The number of methoxy groups -OCH3 is 1. The van der Waals surface area contributed by atoms with Crippen LogP contribution in [0.25, 0.3) is 0 Å². The van der Waals surface area contributed by atoms with Gasteiger partial charge in [-0.15, -0.1) is 11.3 Å². The lowest BCUT2D eigenvalue weighted by Crippen LogP contribution is -2.04. The number of halogens is 1. The smallest absolute Gasteiger partial charge is 0.139 e. The van der Waals surface area contributed by atoms with E-state index in [4.69, 9.17) is 16.3 Å². The highest BCUT2D eigenvalue weighted by molar-refractivity contribution is 7.10.